The summed E-state index contributed by atoms with van der Waals surface area (Å²) in [5.41, 5.74) is -2.58. The minimum atomic E-state index is -4.78. The maximum Gasteiger partial charge on any atom is 0.421 e. The van der Waals surface area contributed by atoms with Crippen LogP contribution < -0.4 is 5.56 Å². The Morgan fingerprint density at radius 3 is 2.64 bits per heavy atom. The average molecular weight is 360 g/mol. The summed E-state index contributed by atoms with van der Waals surface area (Å²) in [4.78, 5) is 36.6. The van der Waals surface area contributed by atoms with Crippen LogP contribution in [-0.2, 0) is 22.3 Å². The quantitative estimate of drug-likeness (QED) is 0.872. The number of carboxylic acid groups (broad SMARTS) is 1. The summed E-state index contributed by atoms with van der Waals surface area (Å²) < 4.78 is 39.1. The van der Waals surface area contributed by atoms with Crippen LogP contribution in [0.1, 0.15) is 37.7 Å². The molecular formula is C16H19F3N2O4. The minimum absolute atomic E-state index is 0.0854. The van der Waals surface area contributed by atoms with Gasteiger partial charge in [0.05, 0.1) is 0 Å². The Bertz CT molecular complexity index is 699. The summed E-state index contributed by atoms with van der Waals surface area (Å²) in [5, 5.41) is 8.79. The van der Waals surface area contributed by atoms with Gasteiger partial charge in [-0.3, -0.25) is 14.4 Å². The van der Waals surface area contributed by atoms with Crippen molar-refractivity contribution < 1.29 is 27.9 Å². The van der Waals surface area contributed by atoms with Crippen LogP contribution in [0.2, 0.25) is 0 Å². The molecule has 25 heavy (non-hydrogen) atoms. The van der Waals surface area contributed by atoms with E-state index >= 15 is 0 Å². The van der Waals surface area contributed by atoms with E-state index in [1.165, 1.54) is 4.90 Å². The second-order valence-corrected chi connectivity index (χ2v) is 6.02. The maximum absolute atomic E-state index is 12.8. The van der Waals surface area contributed by atoms with Gasteiger partial charge in [0.2, 0.25) is 5.91 Å². The zero-order chi connectivity index (χ0) is 18.6. The molecule has 0 aliphatic carbocycles. The lowest BCUT2D eigenvalue weighted by atomic mass is 9.98. The second-order valence-electron chi connectivity index (χ2n) is 6.02. The van der Waals surface area contributed by atoms with Gasteiger partial charge in [-0.2, -0.15) is 13.2 Å². The number of halogens is 3. The van der Waals surface area contributed by atoms with E-state index in [0.717, 1.165) is 29.7 Å². The lowest BCUT2D eigenvalue weighted by Gasteiger charge is -2.36. The predicted molar refractivity (Wildman–Crippen MR) is 81.9 cm³/mol. The highest BCUT2D eigenvalue weighted by Gasteiger charge is 2.35. The largest absolute Gasteiger partial charge is 0.481 e. The van der Waals surface area contributed by atoms with E-state index in [1.807, 2.05) is 0 Å². The normalized spacial score (nSPS) is 18.2. The summed E-state index contributed by atoms with van der Waals surface area (Å²) in [6, 6.07) is 1.49. The molecule has 1 aromatic heterocycles. The molecule has 9 heteroatoms. The van der Waals surface area contributed by atoms with E-state index in [4.69, 9.17) is 5.11 Å². The van der Waals surface area contributed by atoms with E-state index in [1.54, 1.807) is 0 Å². The molecule has 2 rings (SSSR count). The van der Waals surface area contributed by atoms with Gasteiger partial charge in [-0.15, -0.1) is 0 Å². The number of aliphatic carboxylic acids is 1. The fourth-order valence-corrected chi connectivity index (χ4v) is 3.03. The van der Waals surface area contributed by atoms with Crippen LogP contribution in [0.5, 0.6) is 0 Å². The molecule has 1 N–H and O–H groups in total. The molecular weight excluding hydrogens is 341 g/mol. The van der Waals surface area contributed by atoms with Gasteiger partial charge in [-0.05, 0) is 37.8 Å². The van der Waals surface area contributed by atoms with E-state index < -0.39 is 35.7 Å². The van der Waals surface area contributed by atoms with Gasteiger partial charge in [0.25, 0.3) is 5.56 Å². The van der Waals surface area contributed by atoms with Gasteiger partial charge in [0.15, 0.2) is 0 Å². The van der Waals surface area contributed by atoms with Crippen molar-refractivity contribution in [3.63, 3.8) is 0 Å². The smallest absolute Gasteiger partial charge is 0.421 e. The number of carbonyl (C=O) groups is 2. The Hall–Kier alpha value is -2.32. The first-order valence-corrected chi connectivity index (χ1v) is 7.98. The molecule has 1 fully saturated rings. The Balaban J connectivity index is 2.15. The molecule has 1 aliphatic heterocycles. The summed E-state index contributed by atoms with van der Waals surface area (Å²) in [6.45, 7) is -0.0802. The van der Waals surface area contributed by atoms with Crippen molar-refractivity contribution in [1.82, 2.24) is 9.47 Å². The van der Waals surface area contributed by atoms with Crippen LogP contribution in [0.3, 0.4) is 0 Å². The average Bonchev–Trinajstić information content (AvgIpc) is 2.54. The number of rotatable bonds is 5. The number of aromatic nitrogens is 1. The third kappa shape index (κ3) is 4.83. The van der Waals surface area contributed by atoms with Gasteiger partial charge in [0.1, 0.15) is 12.1 Å². The number of hydrogen-bond acceptors (Lipinski definition) is 3. The van der Waals surface area contributed by atoms with E-state index in [-0.39, 0.29) is 12.5 Å². The number of carbonyl (C=O) groups excluding carboxylic acids is 1. The van der Waals surface area contributed by atoms with Gasteiger partial charge in [0, 0.05) is 25.2 Å². The SMILES string of the molecule is O=C(O)CC[C@@H]1CCCCN1C(=O)Cn1cccc(C(F)(F)F)c1=O. The first-order chi connectivity index (χ1) is 11.7. The number of piperidine rings is 1. The number of nitrogens with zero attached hydrogens (tertiary/aromatic N) is 2. The highest BCUT2D eigenvalue weighted by atomic mass is 19.4. The van der Waals surface area contributed by atoms with Crippen molar-refractivity contribution in [2.24, 2.45) is 0 Å². The Labute approximate surface area is 141 Å². The zero-order valence-corrected chi connectivity index (χ0v) is 13.5. The molecule has 1 aliphatic rings. The molecule has 0 bridgehead atoms. The molecule has 0 spiro atoms. The molecule has 1 aromatic rings. The van der Waals surface area contributed by atoms with Crippen molar-refractivity contribution in [3.8, 4) is 0 Å². The van der Waals surface area contributed by atoms with Gasteiger partial charge in [-0.1, -0.05) is 0 Å². The Morgan fingerprint density at radius 2 is 2.00 bits per heavy atom. The number of carboxylic acids is 1. The molecule has 0 radical (unpaired) electrons. The fraction of sp³-hybridized carbons (Fsp3) is 0.562. The highest BCUT2D eigenvalue weighted by Crippen LogP contribution is 2.26. The lowest BCUT2D eigenvalue weighted by Crippen LogP contribution is -2.46. The third-order valence-electron chi connectivity index (χ3n) is 4.27. The van der Waals surface area contributed by atoms with Gasteiger partial charge >= 0.3 is 12.1 Å². The summed E-state index contributed by atoms with van der Waals surface area (Å²) in [6.07, 6.45) is -1.18. The van der Waals surface area contributed by atoms with Gasteiger partial charge in [-0.25, -0.2) is 0 Å². The van der Waals surface area contributed by atoms with Crippen molar-refractivity contribution in [3.05, 3.63) is 34.2 Å². The summed E-state index contributed by atoms with van der Waals surface area (Å²) in [7, 11) is 0. The van der Waals surface area contributed by atoms with E-state index in [0.29, 0.717) is 25.5 Å². The van der Waals surface area contributed by atoms with E-state index in [2.05, 4.69) is 0 Å². The fourth-order valence-electron chi connectivity index (χ4n) is 3.03. The maximum atomic E-state index is 12.8. The van der Waals surface area contributed by atoms with Crippen LogP contribution in [0.4, 0.5) is 13.2 Å². The topological polar surface area (TPSA) is 79.6 Å². The van der Waals surface area contributed by atoms with Crippen LogP contribution in [0.25, 0.3) is 0 Å². The van der Waals surface area contributed by atoms with Crippen molar-refractivity contribution >= 4 is 11.9 Å². The van der Waals surface area contributed by atoms with Crippen molar-refractivity contribution in [1.29, 1.82) is 0 Å². The predicted octanol–water partition coefficient (Wildman–Crippen LogP) is 2.11. The summed E-state index contributed by atoms with van der Waals surface area (Å²) >= 11 is 0. The van der Waals surface area contributed by atoms with Crippen molar-refractivity contribution in [2.45, 2.75) is 50.9 Å². The lowest BCUT2D eigenvalue weighted by molar-refractivity contribution is -0.141. The molecule has 0 unspecified atom stereocenters. The third-order valence-corrected chi connectivity index (χ3v) is 4.27. The summed E-state index contributed by atoms with van der Waals surface area (Å²) in [5.74, 6) is -1.44. The number of likely N-dealkylation sites (tertiary alicyclic amines) is 1. The van der Waals surface area contributed by atoms with E-state index in [9.17, 15) is 27.6 Å². The molecule has 0 aromatic carbocycles. The molecule has 1 amide bonds. The minimum Gasteiger partial charge on any atom is -0.481 e. The number of pyridine rings is 1. The number of alkyl halides is 3. The molecule has 2 heterocycles. The van der Waals surface area contributed by atoms with Crippen LogP contribution in [0, 0.1) is 0 Å². The number of hydrogen-bond donors (Lipinski definition) is 1. The molecule has 1 atom stereocenters. The Morgan fingerprint density at radius 1 is 1.28 bits per heavy atom. The molecule has 0 saturated carbocycles. The van der Waals surface area contributed by atoms with Crippen LogP contribution in [-0.4, -0.2) is 39.0 Å². The molecule has 138 valence electrons. The standard InChI is InChI=1S/C16H19F3N2O4/c17-16(18,19)12-5-3-8-20(15(12)25)10-13(22)21-9-2-1-4-11(21)6-7-14(23)24/h3,5,8,11H,1-2,4,6-7,9-10H2,(H,23,24)/t11-/m0/s1. The Kier molecular flexibility index (Phi) is 5.86. The molecule has 6 nitrogen and oxygen atoms in total. The van der Waals surface area contributed by atoms with Crippen LogP contribution in [0.15, 0.2) is 23.1 Å². The second kappa shape index (κ2) is 7.71. The van der Waals surface area contributed by atoms with Crippen LogP contribution >= 0.6 is 0 Å². The highest BCUT2D eigenvalue weighted by molar-refractivity contribution is 5.76. The zero-order valence-electron chi connectivity index (χ0n) is 13.5. The van der Waals surface area contributed by atoms with Crippen molar-refractivity contribution in [2.75, 3.05) is 6.54 Å². The monoisotopic (exact) mass is 360 g/mol. The first-order valence-electron chi connectivity index (χ1n) is 7.98. The molecule has 1 saturated heterocycles. The van der Waals surface area contributed by atoms with Gasteiger partial charge < -0.3 is 14.6 Å². The number of amides is 1. The first kappa shape index (κ1) is 19.0.